The predicted molar refractivity (Wildman–Crippen MR) is 54.6 cm³/mol. The zero-order chi connectivity index (χ0) is 10.6. The molecule has 0 saturated heterocycles. The predicted octanol–water partition coefficient (Wildman–Crippen LogP) is 1.85. The van der Waals surface area contributed by atoms with Gasteiger partial charge in [0, 0.05) is 12.0 Å². The minimum absolute atomic E-state index is 0.236. The first-order valence-corrected chi connectivity index (χ1v) is 4.70. The third-order valence-corrected chi connectivity index (χ3v) is 2.05. The summed E-state index contributed by atoms with van der Waals surface area (Å²) in [5.74, 6) is 0.908. The first kappa shape index (κ1) is 10.9. The number of aromatic hydroxyl groups is 1. The SMILES string of the molecule is Cc1c(O)cccc1OCCC(C)O. The Morgan fingerprint density at radius 1 is 1.43 bits per heavy atom. The Morgan fingerprint density at radius 2 is 2.14 bits per heavy atom. The molecule has 1 aromatic carbocycles. The average molecular weight is 196 g/mol. The summed E-state index contributed by atoms with van der Waals surface area (Å²) in [4.78, 5) is 0. The molecule has 1 atom stereocenters. The lowest BCUT2D eigenvalue weighted by Gasteiger charge is -2.10. The summed E-state index contributed by atoms with van der Waals surface area (Å²) in [6.07, 6.45) is 0.238. The van der Waals surface area contributed by atoms with E-state index in [0.29, 0.717) is 18.8 Å². The highest BCUT2D eigenvalue weighted by Gasteiger charge is 2.03. The Kier molecular flexibility index (Phi) is 3.77. The lowest BCUT2D eigenvalue weighted by atomic mass is 10.2. The van der Waals surface area contributed by atoms with Gasteiger partial charge in [-0.2, -0.15) is 0 Å². The highest BCUT2D eigenvalue weighted by molar-refractivity contribution is 5.42. The van der Waals surface area contributed by atoms with Gasteiger partial charge in [-0.3, -0.25) is 0 Å². The van der Waals surface area contributed by atoms with Gasteiger partial charge in [0.25, 0.3) is 0 Å². The molecule has 0 aliphatic carbocycles. The van der Waals surface area contributed by atoms with E-state index in [0.717, 1.165) is 5.56 Å². The maximum Gasteiger partial charge on any atom is 0.125 e. The van der Waals surface area contributed by atoms with Crippen LogP contribution in [0.3, 0.4) is 0 Å². The molecular formula is C11H16O3. The molecule has 1 rings (SSSR count). The quantitative estimate of drug-likeness (QED) is 0.772. The van der Waals surface area contributed by atoms with E-state index in [2.05, 4.69) is 0 Å². The molecule has 1 aromatic rings. The van der Waals surface area contributed by atoms with Crippen molar-refractivity contribution in [3.63, 3.8) is 0 Å². The Hall–Kier alpha value is -1.22. The van der Waals surface area contributed by atoms with Gasteiger partial charge >= 0.3 is 0 Å². The molecule has 2 N–H and O–H groups in total. The molecule has 0 radical (unpaired) electrons. The minimum Gasteiger partial charge on any atom is -0.508 e. The van der Waals surface area contributed by atoms with Crippen molar-refractivity contribution >= 4 is 0 Å². The van der Waals surface area contributed by atoms with Crippen molar-refractivity contribution in [2.75, 3.05) is 6.61 Å². The Labute approximate surface area is 84.0 Å². The van der Waals surface area contributed by atoms with Gasteiger partial charge in [-0.05, 0) is 26.0 Å². The van der Waals surface area contributed by atoms with Crippen LogP contribution in [0.5, 0.6) is 11.5 Å². The van der Waals surface area contributed by atoms with Crippen LogP contribution in [0.25, 0.3) is 0 Å². The number of aliphatic hydroxyl groups is 1. The van der Waals surface area contributed by atoms with Crippen LogP contribution < -0.4 is 4.74 Å². The molecule has 0 amide bonds. The van der Waals surface area contributed by atoms with E-state index in [1.54, 1.807) is 32.0 Å². The largest absolute Gasteiger partial charge is 0.508 e. The zero-order valence-electron chi connectivity index (χ0n) is 8.53. The molecular weight excluding hydrogens is 180 g/mol. The number of aliphatic hydroxyl groups excluding tert-OH is 1. The highest BCUT2D eigenvalue weighted by atomic mass is 16.5. The van der Waals surface area contributed by atoms with Crippen molar-refractivity contribution in [1.82, 2.24) is 0 Å². The number of phenolic OH excluding ortho intramolecular Hbond substituents is 1. The molecule has 1 unspecified atom stereocenters. The van der Waals surface area contributed by atoms with Gasteiger partial charge in [0.1, 0.15) is 11.5 Å². The molecule has 0 aliphatic heterocycles. The van der Waals surface area contributed by atoms with Crippen LogP contribution in [0.15, 0.2) is 18.2 Å². The molecule has 0 saturated carbocycles. The number of phenols is 1. The zero-order valence-corrected chi connectivity index (χ0v) is 8.53. The van der Waals surface area contributed by atoms with E-state index in [4.69, 9.17) is 9.84 Å². The third kappa shape index (κ3) is 2.92. The van der Waals surface area contributed by atoms with Crippen molar-refractivity contribution in [3.8, 4) is 11.5 Å². The molecule has 78 valence electrons. The number of hydrogen-bond acceptors (Lipinski definition) is 3. The number of benzene rings is 1. The number of rotatable bonds is 4. The van der Waals surface area contributed by atoms with Crippen LogP contribution in [-0.2, 0) is 0 Å². The van der Waals surface area contributed by atoms with Gasteiger partial charge < -0.3 is 14.9 Å². The fourth-order valence-corrected chi connectivity index (χ4v) is 1.10. The van der Waals surface area contributed by atoms with E-state index in [9.17, 15) is 5.11 Å². The van der Waals surface area contributed by atoms with Crippen molar-refractivity contribution < 1.29 is 14.9 Å². The van der Waals surface area contributed by atoms with Gasteiger partial charge in [0.2, 0.25) is 0 Å². The van der Waals surface area contributed by atoms with Crippen LogP contribution >= 0.6 is 0 Å². The van der Waals surface area contributed by atoms with Crippen molar-refractivity contribution in [2.24, 2.45) is 0 Å². The van der Waals surface area contributed by atoms with E-state index < -0.39 is 0 Å². The van der Waals surface area contributed by atoms with Gasteiger partial charge in [-0.1, -0.05) is 6.07 Å². The summed E-state index contributed by atoms with van der Waals surface area (Å²) in [6.45, 7) is 3.98. The van der Waals surface area contributed by atoms with E-state index >= 15 is 0 Å². The van der Waals surface area contributed by atoms with E-state index in [1.807, 2.05) is 0 Å². The van der Waals surface area contributed by atoms with Gasteiger partial charge in [-0.25, -0.2) is 0 Å². The second-order valence-electron chi connectivity index (χ2n) is 3.39. The molecule has 0 heterocycles. The fraction of sp³-hybridized carbons (Fsp3) is 0.455. The molecule has 0 bridgehead atoms. The molecule has 3 nitrogen and oxygen atoms in total. The monoisotopic (exact) mass is 196 g/mol. The number of hydrogen-bond donors (Lipinski definition) is 2. The van der Waals surface area contributed by atoms with E-state index in [-0.39, 0.29) is 11.9 Å². The third-order valence-electron chi connectivity index (χ3n) is 2.05. The van der Waals surface area contributed by atoms with Crippen LogP contribution in [0.4, 0.5) is 0 Å². The standard InChI is InChI=1S/C11H16O3/c1-8(12)6-7-14-11-5-3-4-10(13)9(11)2/h3-5,8,12-13H,6-7H2,1-2H3. The van der Waals surface area contributed by atoms with Crippen molar-refractivity contribution in [1.29, 1.82) is 0 Å². The molecule has 0 fully saturated rings. The molecule has 14 heavy (non-hydrogen) atoms. The summed E-state index contributed by atoms with van der Waals surface area (Å²) < 4.78 is 5.41. The van der Waals surface area contributed by atoms with Gasteiger partial charge in [-0.15, -0.1) is 0 Å². The van der Waals surface area contributed by atoms with Crippen molar-refractivity contribution in [3.05, 3.63) is 23.8 Å². The maximum absolute atomic E-state index is 9.38. The first-order chi connectivity index (χ1) is 6.61. The van der Waals surface area contributed by atoms with Crippen LogP contribution in [0.2, 0.25) is 0 Å². The topological polar surface area (TPSA) is 49.7 Å². The molecule has 3 heteroatoms. The summed E-state index contributed by atoms with van der Waals surface area (Å²) in [5.41, 5.74) is 0.734. The summed E-state index contributed by atoms with van der Waals surface area (Å²) >= 11 is 0. The Morgan fingerprint density at radius 3 is 2.79 bits per heavy atom. The highest BCUT2D eigenvalue weighted by Crippen LogP contribution is 2.25. The summed E-state index contributed by atoms with van der Waals surface area (Å²) in [6, 6.07) is 5.16. The molecule has 0 aliphatic rings. The fourth-order valence-electron chi connectivity index (χ4n) is 1.10. The Bertz CT molecular complexity index is 295. The first-order valence-electron chi connectivity index (χ1n) is 4.70. The second kappa shape index (κ2) is 4.86. The molecule has 0 aromatic heterocycles. The molecule has 0 spiro atoms. The van der Waals surface area contributed by atoms with Crippen molar-refractivity contribution in [2.45, 2.75) is 26.4 Å². The summed E-state index contributed by atoms with van der Waals surface area (Å²) in [7, 11) is 0. The van der Waals surface area contributed by atoms with Gasteiger partial charge in [0.05, 0.1) is 12.7 Å². The van der Waals surface area contributed by atoms with Crippen LogP contribution in [0.1, 0.15) is 18.9 Å². The van der Waals surface area contributed by atoms with Crippen LogP contribution in [0, 0.1) is 6.92 Å². The maximum atomic E-state index is 9.38. The smallest absolute Gasteiger partial charge is 0.125 e. The summed E-state index contributed by atoms with van der Waals surface area (Å²) in [5, 5.41) is 18.4. The van der Waals surface area contributed by atoms with Crippen LogP contribution in [-0.4, -0.2) is 22.9 Å². The van der Waals surface area contributed by atoms with E-state index in [1.165, 1.54) is 0 Å². The average Bonchev–Trinajstić information content (AvgIpc) is 2.12. The lowest BCUT2D eigenvalue weighted by molar-refractivity contribution is 0.155. The Balaban J connectivity index is 2.54. The van der Waals surface area contributed by atoms with Gasteiger partial charge in [0.15, 0.2) is 0 Å². The normalized spacial score (nSPS) is 12.5. The lowest BCUT2D eigenvalue weighted by Crippen LogP contribution is -2.07. The minimum atomic E-state index is -0.354. The second-order valence-corrected chi connectivity index (χ2v) is 3.39. The number of ether oxygens (including phenoxy) is 1.